The Morgan fingerprint density at radius 2 is 1.52 bits per heavy atom. The van der Waals surface area contributed by atoms with Gasteiger partial charge in [-0.2, -0.15) is 0 Å². The Bertz CT molecular complexity index is 859. The van der Waals surface area contributed by atoms with Gasteiger partial charge in [-0.25, -0.2) is 17.9 Å². The molecule has 0 aromatic heterocycles. The van der Waals surface area contributed by atoms with E-state index in [0.717, 1.165) is 5.56 Å². The van der Waals surface area contributed by atoms with Gasteiger partial charge in [-0.05, 0) is 49.0 Å². The number of hydrogen-bond donors (Lipinski definition) is 2. The second-order valence-electron chi connectivity index (χ2n) is 5.10. The standard InChI is InChI=1S/C17H18N2O5S/c1-18-25(22,23)15-9-7-13(8-10-15)16(20)19-11-12-3-5-14(6-4-12)17(21)24-2/h3-10,18H,11H2,1-2H3,(H,19,20). The summed E-state index contributed by atoms with van der Waals surface area (Å²) >= 11 is 0. The van der Waals surface area contributed by atoms with Crippen molar-refractivity contribution in [2.75, 3.05) is 14.2 Å². The topological polar surface area (TPSA) is 102 Å². The lowest BCUT2D eigenvalue weighted by Crippen LogP contribution is -2.23. The van der Waals surface area contributed by atoms with E-state index in [1.807, 2.05) is 0 Å². The number of ether oxygens (including phenoxy) is 1. The summed E-state index contributed by atoms with van der Waals surface area (Å²) in [5.41, 5.74) is 1.59. The number of carbonyl (C=O) groups is 2. The summed E-state index contributed by atoms with van der Waals surface area (Å²) in [5, 5.41) is 2.73. The average molecular weight is 362 g/mol. The molecule has 0 aliphatic rings. The molecule has 7 nitrogen and oxygen atoms in total. The van der Waals surface area contributed by atoms with Crippen LogP contribution in [0, 0.1) is 0 Å². The number of carbonyl (C=O) groups excluding carboxylic acids is 2. The molecular weight excluding hydrogens is 344 g/mol. The van der Waals surface area contributed by atoms with E-state index in [-0.39, 0.29) is 17.3 Å². The number of sulfonamides is 1. The fourth-order valence-corrected chi connectivity index (χ4v) is 2.79. The highest BCUT2D eigenvalue weighted by molar-refractivity contribution is 7.89. The maximum atomic E-state index is 12.1. The fourth-order valence-electron chi connectivity index (χ4n) is 2.06. The Labute approximate surface area is 146 Å². The van der Waals surface area contributed by atoms with Gasteiger partial charge >= 0.3 is 5.97 Å². The van der Waals surface area contributed by atoms with Crippen molar-refractivity contribution in [1.82, 2.24) is 10.0 Å². The predicted molar refractivity (Wildman–Crippen MR) is 91.6 cm³/mol. The van der Waals surface area contributed by atoms with Crippen molar-refractivity contribution in [2.45, 2.75) is 11.4 Å². The second kappa shape index (κ2) is 7.91. The van der Waals surface area contributed by atoms with Crippen LogP contribution in [0.25, 0.3) is 0 Å². The van der Waals surface area contributed by atoms with Crippen LogP contribution in [-0.4, -0.2) is 34.5 Å². The Morgan fingerprint density at radius 3 is 2.04 bits per heavy atom. The van der Waals surface area contributed by atoms with E-state index in [1.165, 1.54) is 38.4 Å². The van der Waals surface area contributed by atoms with Crippen molar-refractivity contribution >= 4 is 21.9 Å². The largest absolute Gasteiger partial charge is 0.465 e. The molecule has 0 bridgehead atoms. The van der Waals surface area contributed by atoms with Crippen LogP contribution in [-0.2, 0) is 21.3 Å². The number of benzene rings is 2. The van der Waals surface area contributed by atoms with Crippen molar-refractivity contribution in [3.8, 4) is 0 Å². The molecule has 0 atom stereocenters. The van der Waals surface area contributed by atoms with Gasteiger partial charge in [0.25, 0.3) is 5.91 Å². The van der Waals surface area contributed by atoms with Crippen LogP contribution in [0.5, 0.6) is 0 Å². The SMILES string of the molecule is CNS(=O)(=O)c1ccc(C(=O)NCc2ccc(C(=O)OC)cc2)cc1. The Hall–Kier alpha value is -2.71. The molecule has 0 radical (unpaired) electrons. The van der Waals surface area contributed by atoms with Crippen LogP contribution in [0.1, 0.15) is 26.3 Å². The number of esters is 1. The van der Waals surface area contributed by atoms with Gasteiger partial charge in [-0.15, -0.1) is 0 Å². The summed E-state index contributed by atoms with van der Waals surface area (Å²) in [4.78, 5) is 23.6. The Kier molecular flexibility index (Phi) is 5.89. The molecule has 2 aromatic rings. The van der Waals surface area contributed by atoms with Gasteiger partial charge in [0.1, 0.15) is 0 Å². The van der Waals surface area contributed by atoms with Gasteiger partial charge in [-0.1, -0.05) is 12.1 Å². The minimum atomic E-state index is -3.53. The van der Waals surface area contributed by atoms with Crippen molar-refractivity contribution in [1.29, 1.82) is 0 Å². The minimum absolute atomic E-state index is 0.0879. The molecule has 132 valence electrons. The molecule has 0 heterocycles. The third-order valence-electron chi connectivity index (χ3n) is 3.52. The number of amides is 1. The number of rotatable bonds is 6. The lowest BCUT2D eigenvalue weighted by atomic mass is 10.1. The average Bonchev–Trinajstić information content (AvgIpc) is 2.66. The van der Waals surface area contributed by atoms with Gasteiger partial charge in [0.05, 0.1) is 17.6 Å². The summed E-state index contributed by atoms with van der Waals surface area (Å²) in [5.74, 6) is -0.752. The molecule has 0 aliphatic heterocycles. The summed E-state index contributed by atoms with van der Waals surface area (Å²) in [7, 11) is -0.899. The van der Waals surface area contributed by atoms with Crippen LogP contribution in [0.4, 0.5) is 0 Å². The van der Waals surface area contributed by atoms with Gasteiger partial charge in [0, 0.05) is 12.1 Å². The van der Waals surface area contributed by atoms with Crippen LogP contribution in [0.2, 0.25) is 0 Å². The molecule has 2 rings (SSSR count). The first-order valence-electron chi connectivity index (χ1n) is 7.36. The normalized spacial score (nSPS) is 11.0. The van der Waals surface area contributed by atoms with E-state index in [0.29, 0.717) is 11.1 Å². The molecule has 1 amide bonds. The van der Waals surface area contributed by atoms with Crippen molar-refractivity contribution in [3.05, 3.63) is 65.2 Å². The van der Waals surface area contributed by atoms with E-state index < -0.39 is 16.0 Å². The second-order valence-corrected chi connectivity index (χ2v) is 6.99. The molecule has 0 saturated carbocycles. The first-order chi connectivity index (χ1) is 11.9. The van der Waals surface area contributed by atoms with E-state index in [9.17, 15) is 18.0 Å². The summed E-state index contributed by atoms with van der Waals surface area (Å²) in [6.45, 7) is 0.275. The molecule has 0 aliphatic carbocycles. The third kappa shape index (κ3) is 4.65. The van der Waals surface area contributed by atoms with Crippen molar-refractivity contribution in [2.24, 2.45) is 0 Å². The van der Waals surface area contributed by atoms with Crippen molar-refractivity contribution in [3.63, 3.8) is 0 Å². The first kappa shape index (κ1) is 18.6. The zero-order valence-electron chi connectivity index (χ0n) is 13.8. The van der Waals surface area contributed by atoms with E-state index in [2.05, 4.69) is 14.8 Å². The smallest absolute Gasteiger partial charge is 0.337 e. The van der Waals surface area contributed by atoms with Crippen LogP contribution >= 0.6 is 0 Å². The summed E-state index contributed by atoms with van der Waals surface area (Å²) < 4.78 is 30.1. The molecular formula is C17H18N2O5S. The van der Waals surface area contributed by atoms with Crippen LogP contribution in [0.15, 0.2) is 53.4 Å². The molecule has 0 fully saturated rings. The molecule has 0 saturated heterocycles. The first-order valence-corrected chi connectivity index (χ1v) is 8.85. The molecule has 0 unspecified atom stereocenters. The summed E-state index contributed by atoms with van der Waals surface area (Å²) in [6.07, 6.45) is 0. The molecule has 0 spiro atoms. The summed E-state index contributed by atoms with van der Waals surface area (Å²) in [6, 6.07) is 12.3. The minimum Gasteiger partial charge on any atom is -0.465 e. The number of hydrogen-bond acceptors (Lipinski definition) is 5. The van der Waals surface area contributed by atoms with Gasteiger partial charge < -0.3 is 10.1 Å². The highest BCUT2D eigenvalue weighted by Gasteiger charge is 2.12. The van der Waals surface area contributed by atoms with Gasteiger partial charge in [0.15, 0.2) is 0 Å². The maximum Gasteiger partial charge on any atom is 0.337 e. The van der Waals surface area contributed by atoms with E-state index in [4.69, 9.17) is 0 Å². The zero-order valence-corrected chi connectivity index (χ0v) is 14.6. The highest BCUT2D eigenvalue weighted by Crippen LogP contribution is 2.11. The van der Waals surface area contributed by atoms with Crippen molar-refractivity contribution < 1.29 is 22.7 Å². The molecule has 25 heavy (non-hydrogen) atoms. The van der Waals surface area contributed by atoms with E-state index in [1.54, 1.807) is 24.3 Å². The van der Waals surface area contributed by atoms with Crippen LogP contribution in [0.3, 0.4) is 0 Å². The molecule has 2 aromatic carbocycles. The maximum absolute atomic E-state index is 12.1. The van der Waals surface area contributed by atoms with Gasteiger partial charge in [-0.3, -0.25) is 4.79 Å². The zero-order chi connectivity index (χ0) is 18.4. The van der Waals surface area contributed by atoms with Crippen LogP contribution < -0.4 is 10.0 Å². The monoisotopic (exact) mass is 362 g/mol. The van der Waals surface area contributed by atoms with E-state index >= 15 is 0 Å². The molecule has 2 N–H and O–H groups in total. The quantitative estimate of drug-likeness (QED) is 0.755. The third-order valence-corrected chi connectivity index (χ3v) is 4.95. The van der Waals surface area contributed by atoms with Gasteiger partial charge in [0.2, 0.25) is 10.0 Å². The number of methoxy groups -OCH3 is 1. The Balaban J connectivity index is 1.99. The number of nitrogens with one attached hydrogen (secondary N) is 2. The lowest BCUT2D eigenvalue weighted by molar-refractivity contribution is 0.0600. The fraction of sp³-hybridized carbons (Fsp3) is 0.176. The lowest BCUT2D eigenvalue weighted by Gasteiger charge is -2.07. The highest BCUT2D eigenvalue weighted by atomic mass is 32.2. The predicted octanol–water partition coefficient (Wildman–Crippen LogP) is 1.31. The Morgan fingerprint density at radius 1 is 0.960 bits per heavy atom. The molecule has 8 heteroatoms.